The fraction of sp³-hybridized carbons (Fsp3) is 0.769. The number of nitrogens with zero attached hydrogens (tertiary/aromatic N) is 1. The average Bonchev–Trinajstić information content (AvgIpc) is 2.73. The summed E-state index contributed by atoms with van der Waals surface area (Å²) in [5.41, 5.74) is -0.223. The number of nitrogens with one attached hydrogen (secondary N) is 1. The standard InChI is InChI=1S/C13H24N2O3/c1-5-11-7-15-12(18-11)8-14-6-10(16)9-17-13(2,3)4/h7,10,14,16H,5-6,8-9H2,1-4H3. The molecule has 0 aliphatic heterocycles. The van der Waals surface area contributed by atoms with Crippen LogP contribution in [0.2, 0.25) is 0 Å². The molecule has 1 aromatic heterocycles. The summed E-state index contributed by atoms with van der Waals surface area (Å²) in [5.74, 6) is 1.53. The average molecular weight is 256 g/mol. The molecule has 18 heavy (non-hydrogen) atoms. The van der Waals surface area contributed by atoms with Crippen LogP contribution < -0.4 is 5.32 Å². The van der Waals surface area contributed by atoms with E-state index in [0.717, 1.165) is 12.2 Å². The van der Waals surface area contributed by atoms with E-state index in [1.165, 1.54) is 0 Å². The third-order valence-electron chi connectivity index (χ3n) is 2.31. The van der Waals surface area contributed by atoms with Crippen molar-refractivity contribution in [1.29, 1.82) is 0 Å². The van der Waals surface area contributed by atoms with Crippen LogP contribution in [-0.4, -0.2) is 34.9 Å². The highest BCUT2D eigenvalue weighted by atomic mass is 16.5. The highest BCUT2D eigenvalue weighted by Crippen LogP contribution is 2.07. The molecular weight excluding hydrogens is 232 g/mol. The Kier molecular flexibility index (Phi) is 5.78. The van der Waals surface area contributed by atoms with Crippen LogP contribution in [0.25, 0.3) is 0 Å². The maximum Gasteiger partial charge on any atom is 0.208 e. The Morgan fingerprint density at radius 2 is 2.22 bits per heavy atom. The fourth-order valence-electron chi connectivity index (χ4n) is 1.34. The van der Waals surface area contributed by atoms with Gasteiger partial charge in [-0.05, 0) is 20.8 Å². The second-order valence-electron chi connectivity index (χ2n) is 5.28. The molecule has 0 bridgehead atoms. The van der Waals surface area contributed by atoms with E-state index in [1.54, 1.807) is 6.20 Å². The Morgan fingerprint density at radius 3 is 2.78 bits per heavy atom. The molecule has 5 nitrogen and oxygen atoms in total. The molecule has 0 saturated heterocycles. The molecule has 1 unspecified atom stereocenters. The summed E-state index contributed by atoms with van der Waals surface area (Å²) in [4.78, 5) is 4.13. The third-order valence-corrected chi connectivity index (χ3v) is 2.31. The molecule has 0 aliphatic rings. The molecule has 0 amide bonds. The van der Waals surface area contributed by atoms with E-state index in [4.69, 9.17) is 9.15 Å². The molecule has 0 fully saturated rings. The van der Waals surface area contributed by atoms with E-state index in [0.29, 0.717) is 25.6 Å². The maximum absolute atomic E-state index is 9.70. The molecular formula is C13H24N2O3. The molecule has 1 atom stereocenters. The van der Waals surface area contributed by atoms with E-state index in [2.05, 4.69) is 10.3 Å². The van der Waals surface area contributed by atoms with Crippen LogP contribution in [0, 0.1) is 0 Å². The van der Waals surface area contributed by atoms with Crippen LogP contribution >= 0.6 is 0 Å². The molecule has 0 aliphatic carbocycles. The lowest BCUT2D eigenvalue weighted by atomic mass is 10.2. The molecule has 1 heterocycles. The summed E-state index contributed by atoms with van der Waals surface area (Å²) >= 11 is 0. The van der Waals surface area contributed by atoms with Crippen molar-refractivity contribution in [3.63, 3.8) is 0 Å². The van der Waals surface area contributed by atoms with Gasteiger partial charge < -0.3 is 19.6 Å². The molecule has 1 aromatic rings. The summed E-state index contributed by atoms with van der Waals surface area (Å²) in [6, 6.07) is 0. The first-order valence-electron chi connectivity index (χ1n) is 6.37. The van der Waals surface area contributed by atoms with E-state index in [9.17, 15) is 5.11 Å². The van der Waals surface area contributed by atoms with Crippen molar-refractivity contribution in [2.75, 3.05) is 13.2 Å². The van der Waals surface area contributed by atoms with Crippen molar-refractivity contribution in [3.05, 3.63) is 17.8 Å². The van der Waals surface area contributed by atoms with E-state index in [-0.39, 0.29) is 5.60 Å². The normalized spacial score (nSPS) is 13.8. The smallest absolute Gasteiger partial charge is 0.208 e. The van der Waals surface area contributed by atoms with Gasteiger partial charge in [0.15, 0.2) is 0 Å². The monoisotopic (exact) mass is 256 g/mol. The second kappa shape index (κ2) is 6.87. The van der Waals surface area contributed by atoms with Crippen LogP contribution in [-0.2, 0) is 17.7 Å². The highest BCUT2D eigenvalue weighted by molar-refractivity contribution is 4.93. The first-order valence-corrected chi connectivity index (χ1v) is 6.37. The van der Waals surface area contributed by atoms with Gasteiger partial charge in [0.05, 0.1) is 31.1 Å². The Balaban J connectivity index is 2.17. The number of aryl methyl sites for hydroxylation is 1. The predicted molar refractivity (Wildman–Crippen MR) is 69.3 cm³/mol. The molecule has 0 radical (unpaired) electrons. The zero-order valence-corrected chi connectivity index (χ0v) is 11.7. The molecule has 104 valence electrons. The number of oxazole rings is 1. The SMILES string of the molecule is CCc1cnc(CNCC(O)COC(C)(C)C)o1. The number of aliphatic hydroxyl groups is 1. The van der Waals surface area contributed by atoms with Gasteiger partial charge >= 0.3 is 0 Å². The van der Waals surface area contributed by atoms with Crippen molar-refractivity contribution >= 4 is 0 Å². The van der Waals surface area contributed by atoms with Crippen LogP contribution in [0.15, 0.2) is 10.6 Å². The molecule has 2 N–H and O–H groups in total. The molecule has 0 aromatic carbocycles. The topological polar surface area (TPSA) is 67.5 Å². The predicted octanol–water partition coefficient (Wildman–Crippen LogP) is 1.50. The minimum absolute atomic E-state index is 0.223. The van der Waals surface area contributed by atoms with Crippen molar-refractivity contribution < 1.29 is 14.3 Å². The van der Waals surface area contributed by atoms with E-state index >= 15 is 0 Å². The lowest BCUT2D eigenvalue weighted by Gasteiger charge is -2.21. The number of hydrogen-bond acceptors (Lipinski definition) is 5. The quantitative estimate of drug-likeness (QED) is 0.774. The Hall–Kier alpha value is -0.910. The van der Waals surface area contributed by atoms with Gasteiger partial charge in [0, 0.05) is 13.0 Å². The highest BCUT2D eigenvalue weighted by Gasteiger charge is 2.13. The lowest BCUT2D eigenvalue weighted by Crippen LogP contribution is -2.33. The van der Waals surface area contributed by atoms with Crippen LogP contribution in [0.5, 0.6) is 0 Å². The number of aromatic nitrogens is 1. The Bertz CT molecular complexity index is 344. The van der Waals surface area contributed by atoms with Crippen molar-refractivity contribution in [2.24, 2.45) is 0 Å². The summed E-state index contributed by atoms with van der Waals surface area (Å²) in [5, 5.41) is 12.8. The van der Waals surface area contributed by atoms with Gasteiger partial charge in [-0.3, -0.25) is 0 Å². The number of aliphatic hydroxyl groups excluding tert-OH is 1. The van der Waals surface area contributed by atoms with Gasteiger partial charge in [0.25, 0.3) is 0 Å². The van der Waals surface area contributed by atoms with Crippen molar-refractivity contribution in [1.82, 2.24) is 10.3 Å². The van der Waals surface area contributed by atoms with Crippen molar-refractivity contribution in [3.8, 4) is 0 Å². The summed E-state index contributed by atoms with van der Waals surface area (Å²) in [6.45, 7) is 9.21. The third kappa shape index (κ3) is 6.14. The number of rotatable bonds is 7. The van der Waals surface area contributed by atoms with Gasteiger partial charge in [-0.15, -0.1) is 0 Å². The molecule has 1 rings (SSSR count). The van der Waals surface area contributed by atoms with Crippen LogP contribution in [0.1, 0.15) is 39.3 Å². The Labute approximate surface area is 109 Å². The van der Waals surface area contributed by atoms with E-state index in [1.807, 2.05) is 27.7 Å². The van der Waals surface area contributed by atoms with Gasteiger partial charge in [0.1, 0.15) is 5.76 Å². The number of ether oxygens (including phenoxy) is 1. The maximum atomic E-state index is 9.70. The van der Waals surface area contributed by atoms with Crippen LogP contribution in [0.3, 0.4) is 0 Å². The lowest BCUT2D eigenvalue weighted by molar-refractivity contribution is -0.0480. The Morgan fingerprint density at radius 1 is 1.50 bits per heavy atom. The first-order chi connectivity index (χ1) is 8.40. The molecule has 5 heteroatoms. The van der Waals surface area contributed by atoms with Crippen molar-refractivity contribution in [2.45, 2.75) is 52.4 Å². The largest absolute Gasteiger partial charge is 0.444 e. The second-order valence-corrected chi connectivity index (χ2v) is 5.28. The minimum Gasteiger partial charge on any atom is -0.444 e. The first kappa shape index (κ1) is 15.1. The van der Waals surface area contributed by atoms with Gasteiger partial charge in [-0.25, -0.2) is 4.98 Å². The van der Waals surface area contributed by atoms with Gasteiger partial charge in [-0.2, -0.15) is 0 Å². The molecule has 0 saturated carbocycles. The fourth-order valence-corrected chi connectivity index (χ4v) is 1.34. The summed E-state index contributed by atoms with van der Waals surface area (Å²) < 4.78 is 10.9. The zero-order chi connectivity index (χ0) is 13.6. The van der Waals surface area contributed by atoms with Crippen LogP contribution in [0.4, 0.5) is 0 Å². The van der Waals surface area contributed by atoms with Gasteiger partial charge in [-0.1, -0.05) is 6.92 Å². The number of hydrogen-bond donors (Lipinski definition) is 2. The summed E-state index contributed by atoms with van der Waals surface area (Å²) in [6.07, 6.45) is 2.05. The van der Waals surface area contributed by atoms with E-state index < -0.39 is 6.10 Å². The molecule has 0 spiro atoms. The van der Waals surface area contributed by atoms with Gasteiger partial charge in [0.2, 0.25) is 5.89 Å². The summed E-state index contributed by atoms with van der Waals surface area (Å²) in [7, 11) is 0. The minimum atomic E-state index is -0.523. The zero-order valence-electron chi connectivity index (χ0n) is 11.7.